The Morgan fingerprint density at radius 1 is 1.30 bits per heavy atom. The molecule has 2 rings (SSSR count). The molecule has 2 aromatic rings. The van der Waals surface area contributed by atoms with Gasteiger partial charge >= 0.3 is 0 Å². The van der Waals surface area contributed by atoms with Crippen LogP contribution >= 0.6 is 11.6 Å². The predicted molar refractivity (Wildman–Crippen MR) is 81.0 cm³/mol. The van der Waals surface area contributed by atoms with Crippen LogP contribution in [-0.2, 0) is 26.9 Å². The first-order valence-corrected chi connectivity index (χ1v) is 7.23. The van der Waals surface area contributed by atoms with E-state index >= 15 is 0 Å². The molecular weight excluding hydrogens is 274 g/mol. The molecule has 2 heterocycles. The van der Waals surface area contributed by atoms with Crippen molar-refractivity contribution >= 4 is 11.6 Å². The Hall–Kier alpha value is -1.33. The number of rotatable bonds is 5. The quantitative estimate of drug-likeness (QED) is 0.920. The van der Waals surface area contributed by atoms with Crippen LogP contribution in [0.5, 0.6) is 0 Å². The number of halogens is 1. The summed E-state index contributed by atoms with van der Waals surface area (Å²) in [5.74, 6) is 0. The summed E-state index contributed by atoms with van der Waals surface area (Å²) in [6, 6.07) is 2.27. The summed E-state index contributed by atoms with van der Waals surface area (Å²) in [7, 11) is 5.87. The van der Waals surface area contributed by atoms with E-state index in [2.05, 4.69) is 28.5 Å². The second-order valence-corrected chi connectivity index (χ2v) is 5.44. The Labute approximate surface area is 124 Å². The molecule has 20 heavy (non-hydrogen) atoms. The fourth-order valence-corrected chi connectivity index (χ4v) is 2.92. The van der Waals surface area contributed by atoms with E-state index in [4.69, 9.17) is 11.6 Å². The van der Waals surface area contributed by atoms with Crippen LogP contribution in [-0.4, -0.2) is 26.6 Å². The molecule has 0 radical (unpaired) electrons. The zero-order chi connectivity index (χ0) is 14.9. The Kier molecular flexibility index (Phi) is 4.50. The van der Waals surface area contributed by atoms with Crippen LogP contribution in [0, 0.1) is 6.92 Å². The minimum Gasteiger partial charge on any atom is -0.311 e. The van der Waals surface area contributed by atoms with Crippen molar-refractivity contribution in [3.8, 4) is 0 Å². The summed E-state index contributed by atoms with van der Waals surface area (Å²) < 4.78 is 3.80. The van der Waals surface area contributed by atoms with Crippen LogP contribution < -0.4 is 5.32 Å². The van der Waals surface area contributed by atoms with Gasteiger partial charge in [0, 0.05) is 20.5 Å². The highest BCUT2D eigenvalue weighted by Crippen LogP contribution is 2.26. The second kappa shape index (κ2) is 5.97. The Morgan fingerprint density at radius 2 is 2.00 bits per heavy atom. The van der Waals surface area contributed by atoms with Crippen molar-refractivity contribution < 1.29 is 0 Å². The van der Waals surface area contributed by atoms with E-state index in [1.54, 1.807) is 0 Å². The number of hydrogen-bond donors (Lipinski definition) is 1. The molecule has 2 aromatic heterocycles. The molecule has 0 fully saturated rings. The molecule has 6 heteroatoms. The maximum absolute atomic E-state index is 6.43. The third-order valence-electron chi connectivity index (χ3n) is 3.64. The predicted octanol–water partition coefficient (Wildman–Crippen LogP) is 2.18. The van der Waals surface area contributed by atoms with Gasteiger partial charge < -0.3 is 5.32 Å². The summed E-state index contributed by atoms with van der Waals surface area (Å²) in [5, 5.41) is 13.0. The lowest BCUT2D eigenvalue weighted by Gasteiger charge is -2.16. The van der Waals surface area contributed by atoms with Crippen molar-refractivity contribution in [2.75, 3.05) is 7.05 Å². The Balaban J connectivity index is 2.31. The van der Waals surface area contributed by atoms with Gasteiger partial charge in [-0.15, -0.1) is 0 Å². The largest absolute Gasteiger partial charge is 0.311 e. The zero-order valence-electron chi connectivity index (χ0n) is 12.7. The second-order valence-electron chi connectivity index (χ2n) is 5.06. The monoisotopic (exact) mass is 295 g/mol. The third-order valence-corrected chi connectivity index (χ3v) is 4.08. The summed E-state index contributed by atoms with van der Waals surface area (Å²) in [6.07, 6.45) is 1.64. The van der Waals surface area contributed by atoms with E-state index < -0.39 is 0 Å². The summed E-state index contributed by atoms with van der Waals surface area (Å²) in [4.78, 5) is 0. The van der Waals surface area contributed by atoms with Crippen LogP contribution in [0.4, 0.5) is 0 Å². The molecule has 110 valence electrons. The minimum atomic E-state index is 0.166. The van der Waals surface area contributed by atoms with E-state index in [-0.39, 0.29) is 6.04 Å². The van der Waals surface area contributed by atoms with E-state index in [1.807, 2.05) is 37.4 Å². The average Bonchev–Trinajstić information content (AvgIpc) is 2.87. The van der Waals surface area contributed by atoms with Gasteiger partial charge in [-0.25, -0.2) is 0 Å². The maximum Gasteiger partial charge on any atom is 0.0850 e. The fourth-order valence-electron chi connectivity index (χ4n) is 2.55. The van der Waals surface area contributed by atoms with Crippen molar-refractivity contribution in [3.63, 3.8) is 0 Å². The SMILES string of the molecule is CCc1nn(C)c(CC(NC)c2cc(C)nn2C)c1Cl. The van der Waals surface area contributed by atoms with Crippen molar-refractivity contribution in [3.05, 3.63) is 33.9 Å². The van der Waals surface area contributed by atoms with Crippen molar-refractivity contribution in [2.45, 2.75) is 32.7 Å². The van der Waals surface area contributed by atoms with E-state index in [0.717, 1.165) is 40.6 Å². The number of likely N-dealkylation sites (N-methyl/N-ethyl adjacent to an activating group) is 1. The zero-order valence-corrected chi connectivity index (χ0v) is 13.5. The average molecular weight is 296 g/mol. The van der Waals surface area contributed by atoms with Gasteiger partial charge in [0.2, 0.25) is 0 Å². The van der Waals surface area contributed by atoms with Gasteiger partial charge in [0.15, 0.2) is 0 Å². The molecule has 0 saturated carbocycles. The summed E-state index contributed by atoms with van der Waals surface area (Å²) in [6.45, 7) is 4.07. The topological polar surface area (TPSA) is 47.7 Å². The number of aryl methyl sites for hydroxylation is 4. The number of nitrogens with one attached hydrogen (secondary N) is 1. The van der Waals surface area contributed by atoms with Gasteiger partial charge in [0.05, 0.1) is 33.8 Å². The van der Waals surface area contributed by atoms with Crippen LogP contribution in [0.2, 0.25) is 5.02 Å². The van der Waals surface area contributed by atoms with Crippen LogP contribution in [0.1, 0.15) is 35.7 Å². The molecule has 1 atom stereocenters. The maximum atomic E-state index is 6.43. The lowest BCUT2D eigenvalue weighted by molar-refractivity contribution is 0.519. The minimum absolute atomic E-state index is 0.166. The molecule has 1 unspecified atom stereocenters. The lowest BCUT2D eigenvalue weighted by Crippen LogP contribution is -2.22. The fraction of sp³-hybridized carbons (Fsp3) is 0.571. The highest BCUT2D eigenvalue weighted by Gasteiger charge is 2.20. The van der Waals surface area contributed by atoms with Gasteiger partial charge in [0.1, 0.15) is 0 Å². The number of hydrogen-bond acceptors (Lipinski definition) is 3. The first kappa shape index (κ1) is 15.1. The molecule has 0 amide bonds. The van der Waals surface area contributed by atoms with Crippen LogP contribution in [0.15, 0.2) is 6.07 Å². The van der Waals surface area contributed by atoms with Gasteiger partial charge in [-0.3, -0.25) is 9.36 Å². The first-order chi connectivity index (χ1) is 9.47. The smallest absolute Gasteiger partial charge is 0.0850 e. The van der Waals surface area contributed by atoms with Gasteiger partial charge in [-0.1, -0.05) is 18.5 Å². The molecular formula is C14H22ClN5. The summed E-state index contributed by atoms with van der Waals surface area (Å²) in [5.41, 5.74) is 4.19. The lowest BCUT2D eigenvalue weighted by atomic mass is 10.1. The van der Waals surface area contributed by atoms with Crippen molar-refractivity contribution in [1.29, 1.82) is 0 Å². The molecule has 1 N–H and O–H groups in total. The molecule has 0 saturated heterocycles. The molecule has 0 aliphatic rings. The highest BCUT2D eigenvalue weighted by atomic mass is 35.5. The molecule has 0 spiro atoms. The number of aromatic nitrogens is 4. The van der Waals surface area contributed by atoms with Gasteiger partial charge in [0.25, 0.3) is 0 Å². The normalized spacial score (nSPS) is 12.9. The standard InChI is InChI=1S/C14H22ClN5/c1-6-10-14(15)13(20(5)18-10)8-11(16-3)12-7-9(2)17-19(12)4/h7,11,16H,6,8H2,1-5H3. The molecule has 0 aliphatic heterocycles. The van der Waals surface area contributed by atoms with Crippen molar-refractivity contribution in [1.82, 2.24) is 24.9 Å². The molecule has 5 nitrogen and oxygen atoms in total. The van der Waals surface area contributed by atoms with Gasteiger partial charge in [-0.05, 0) is 26.5 Å². The van der Waals surface area contributed by atoms with Crippen molar-refractivity contribution in [2.24, 2.45) is 14.1 Å². The molecule has 0 bridgehead atoms. The van der Waals surface area contributed by atoms with Crippen LogP contribution in [0.25, 0.3) is 0 Å². The first-order valence-electron chi connectivity index (χ1n) is 6.85. The van der Waals surface area contributed by atoms with Crippen LogP contribution in [0.3, 0.4) is 0 Å². The van der Waals surface area contributed by atoms with E-state index in [9.17, 15) is 0 Å². The third kappa shape index (κ3) is 2.74. The Bertz CT molecular complexity index is 599. The molecule has 0 aliphatic carbocycles. The molecule has 0 aromatic carbocycles. The number of nitrogens with zero attached hydrogens (tertiary/aromatic N) is 4. The summed E-state index contributed by atoms with van der Waals surface area (Å²) >= 11 is 6.43. The van der Waals surface area contributed by atoms with Gasteiger partial charge in [-0.2, -0.15) is 10.2 Å². The van der Waals surface area contributed by atoms with E-state index in [0.29, 0.717) is 0 Å². The van der Waals surface area contributed by atoms with E-state index in [1.165, 1.54) is 0 Å². The Morgan fingerprint density at radius 3 is 2.45 bits per heavy atom. The highest BCUT2D eigenvalue weighted by molar-refractivity contribution is 6.31.